The molecule has 0 aromatic rings. The van der Waals surface area contributed by atoms with Crippen LogP contribution in [0.5, 0.6) is 0 Å². The van der Waals surface area contributed by atoms with Crippen molar-refractivity contribution in [1.82, 2.24) is 15.1 Å². The van der Waals surface area contributed by atoms with E-state index < -0.39 is 5.54 Å². The Morgan fingerprint density at radius 2 is 1.88 bits per heavy atom. The van der Waals surface area contributed by atoms with Crippen LogP contribution in [0.15, 0.2) is 0 Å². The second kappa shape index (κ2) is 6.85. The van der Waals surface area contributed by atoms with Crippen LogP contribution in [0, 0.1) is 11.3 Å². The second-order valence-electron chi connectivity index (χ2n) is 5.03. The summed E-state index contributed by atoms with van der Waals surface area (Å²) in [5.74, 6) is 0. The minimum atomic E-state index is -0.425. The quantitative estimate of drug-likeness (QED) is 0.696. The molecule has 0 aliphatic heterocycles. The van der Waals surface area contributed by atoms with Crippen molar-refractivity contribution in [3.63, 3.8) is 0 Å². The van der Waals surface area contributed by atoms with E-state index in [1.54, 1.807) is 0 Å². The van der Waals surface area contributed by atoms with Crippen LogP contribution >= 0.6 is 0 Å². The molecule has 94 valence electrons. The van der Waals surface area contributed by atoms with Crippen molar-refractivity contribution in [2.24, 2.45) is 0 Å². The molecule has 0 heterocycles. The van der Waals surface area contributed by atoms with Gasteiger partial charge in [0.05, 0.1) is 6.07 Å². The molecule has 0 radical (unpaired) electrons. The Bertz CT molecular complexity index is 234. The highest BCUT2D eigenvalue weighted by atomic mass is 15.2. The monoisotopic (exact) mass is 226 g/mol. The maximum atomic E-state index is 9.09. The molecule has 0 rings (SSSR count). The molecular weight excluding hydrogens is 200 g/mol. The third-order valence-corrected chi connectivity index (χ3v) is 3.15. The number of nitriles is 1. The molecule has 2 atom stereocenters. The highest BCUT2D eigenvalue weighted by Gasteiger charge is 2.25. The van der Waals surface area contributed by atoms with Crippen molar-refractivity contribution in [3.8, 4) is 6.07 Å². The predicted octanol–water partition coefficient (Wildman–Crippen LogP) is 0.760. The van der Waals surface area contributed by atoms with E-state index in [0.717, 1.165) is 19.5 Å². The largest absolute Gasteiger partial charge is 0.308 e. The topological polar surface area (TPSA) is 42.3 Å². The van der Waals surface area contributed by atoms with Crippen molar-refractivity contribution in [3.05, 3.63) is 0 Å². The molecule has 0 aliphatic carbocycles. The lowest BCUT2D eigenvalue weighted by molar-refractivity contribution is 0.198. The third kappa shape index (κ3) is 5.45. The molecule has 4 heteroatoms. The maximum absolute atomic E-state index is 9.09. The van der Waals surface area contributed by atoms with Gasteiger partial charge in [-0.25, -0.2) is 0 Å². The van der Waals surface area contributed by atoms with Crippen LogP contribution in [0.3, 0.4) is 0 Å². The lowest BCUT2D eigenvalue weighted by atomic mass is 9.95. The van der Waals surface area contributed by atoms with Crippen LogP contribution in [-0.4, -0.2) is 62.7 Å². The summed E-state index contributed by atoms with van der Waals surface area (Å²) in [6.07, 6.45) is 0.837. The van der Waals surface area contributed by atoms with Crippen molar-refractivity contribution < 1.29 is 0 Å². The van der Waals surface area contributed by atoms with Crippen LogP contribution in [0.1, 0.15) is 20.3 Å². The van der Waals surface area contributed by atoms with E-state index in [1.165, 1.54) is 0 Å². The molecule has 0 saturated heterocycles. The number of hydrogen-bond acceptors (Lipinski definition) is 4. The van der Waals surface area contributed by atoms with Gasteiger partial charge in [0.15, 0.2) is 0 Å². The molecule has 0 bridgehead atoms. The van der Waals surface area contributed by atoms with Gasteiger partial charge in [0.25, 0.3) is 0 Å². The van der Waals surface area contributed by atoms with E-state index >= 15 is 0 Å². The lowest BCUT2D eigenvalue weighted by Crippen LogP contribution is -2.45. The Labute approximate surface area is 100 Å². The highest BCUT2D eigenvalue weighted by molar-refractivity contribution is 5.04. The molecule has 16 heavy (non-hydrogen) atoms. The standard InChI is InChI=1S/C12H26N4/c1-11(9-12(2,10-13)14-3)16(6)8-7-15(4)5/h11,14H,7-9H2,1-6H3. The van der Waals surface area contributed by atoms with E-state index in [2.05, 4.69) is 49.3 Å². The first-order valence-corrected chi connectivity index (χ1v) is 5.80. The first kappa shape index (κ1) is 15.4. The Morgan fingerprint density at radius 3 is 2.25 bits per heavy atom. The zero-order valence-electron chi connectivity index (χ0n) is 11.5. The molecular formula is C12H26N4. The Morgan fingerprint density at radius 1 is 1.31 bits per heavy atom. The molecule has 4 nitrogen and oxygen atoms in total. The Balaban J connectivity index is 4.14. The number of nitrogens with zero attached hydrogens (tertiary/aromatic N) is 3. The number of likely N-dealkylation sites (N-methyl/N-ethyl adjacent to an activating group) is 2. The zero-order valence-corrected chi connectivity index (χ0v) is 11.5. The van der Waals surface area contributed by atoms with Crippen LogP contribution < -0.4 is 5.32 Å². The average molecular weight is 226 g/mol. The Hall–Kier alpha value is -0.630. The summed E-state index contributed by atoms with van der Waals surface area (Å²) in [6.45, 7) is 6.19. The van der Waals surface area contributed by atoms with Gasteiger partial charge >= 0.3 is 0 Å². The molecule has 0 amide bonds. The molecule has 0 aliphatic rings. The molecule has 0 saturated carbocycles. The van der Waals surface area contributed by atoms with Gasteiger partial charge in [0.2, 0.25) is 0 Å². The lowest BCUT2D eigenvalue weighted by Gasteiger charge is -2.31. The fourth-order valence-electron chi connectivity index (χ4n) is 1.53. The fourth-order valence-corrected chi connectivity index (χ4v) is 1.53. The van der Waals surface area contributed by atoms with Crippen LogP contribution in [0.2, 0.25) is 0 Å². The van der Waals surface area contributed by atoms with Gasteiger partial charge in [-0.05, 0) is 48.5 Å². The van der Waals surface area contributed by atoms with Crippen LogP contribution in [0.25, 0.3) is 0 Å². The third-order valence-electron chi connectivity index (χ3n) is 3.15. The molecule has 0 spiro atoms. The summed E-state index contributed by atoms with van der Waals surface area (Å²) in [7, 11) is 8.11. The van der Waals surface area contributed by atoms with E-state index in [0.29, 0.717) is 6.04 Å². The fraction of sp³-hybridized carbons (Fsp3) is 0.917. The summed E-state index contributed by atoms with van der Waals surface area (Å²) in [5.41, 5.74) is -0.425. The van der Waals surface area contributed by atoms with Gasteiger partial charge in [-0.3, -0.25) is 0 Å². The van der Waals surface area contributed by atoms with Crippen molar-refractivity contribution in [2.45, 2.75) is 31.8 Å². The maximum Gasteiger partial charge on any atom is 0.105 e. The molecule has 1 N–H and O–H groups in total. The average Bonchev–Trinajstić information content (AvgIpc) is 2.25. The van der Waals surface area contributed by atoms with Gasteiger partial charge in [0, 0.05) is 19.1 Å². The molecule has 0 aromatic carbocycles. The summed E-state index contributed by atoms with van der Waals surface area (Å²) in [6, 6.07) is 2.73. The molecule has 2 unspecified atom stereocenters. The zero-order chi connectivity index (χ0) is 12.8. The van der Waals surface area contributed by atoms with Gasteiger partial charge in [-0.15, -0.1) is 0 Å². The van der Waals surface area contributed by atoms with Gasteiger partial charge in [0.1, 0.15) is 5.54 Å². The molecule has 0 fully saturated rings. The minimum Gasteiger partial charge on any atom is -0.308 e. The van der Waals surface area contributed by atoms with Crippen molar-refractivity contribution >= 4 is 0 Å². The second-order valence-corrected chi connectivity index (χ2v) is 5.03. The Kier molecular flexibility index (Phi) is 6.58. The highest BCUT2D eigenvalue weighted by Crippen LogP contribution is 2.14. The van der Waals surface area contributed by atoms with Crippen LogP contribution in [0.4, 0.5) is 0 Å². The van der Waals surface area contributed by atoms with E-state index in [1.807, 2.05) is 14.0 Å². The van der Waals surface area contributed by atoms with Gasteiger partial charge < -0.3 is 15.1 Å². The van der Waals surface area contributed by atoms with Gasteiger partial charge in [-0.2, -0.15) is 5.26 Å². The number of nitrogens with one attached hydrogen (secondary N) is 1. The summed E-state index contributed by atoms with van der Waals surface area (Å²) in [5, 5.41) is 12.2. The van der Waals surface area contributed by atoms with Gasteiger partial charge in [-0.1, -0.05) is 0 Å². The van der Waals surface area contributed by atoms with Crippen LogP contribution in [-0.2, 0) is 0 Å². The predicted molar refractivity (Wildman–Crippen MR) is 68.3 cm³/mol. The SMILES string of the molecule is CNC(C)(C#N)CC(C)N(C)CCN(C)C. The number of rotatable bonds is 7. The normalized spacial score (nSPS) is 17.2. The summed E-state index contributed by atoms with van der Waals surface area (Å²) < 4.78 is 0. The van der Waals surface area contributed by atoms with E-state index in [4.69, 9.17) is 5.26 Å². The van der Waals surface area contributed by atoms with Crippen molar-refractivity contribution in [2.75, 3.05) is 41.3 Å². The summed E-state index contributed by atoms with van der Waals surface area (Å²) in [4.78, 5) is 4.47. The van der Waals surface area contributed by atoms with Crippen molar-refractivity contribution in [1.29, 1.82) is 5.26 Å². The first-order chi connectivity index (χ1) is 7.34. The van der Waals surface area contributed by atoms with E-state index in [-0.39, 0.29) is 0 Å². The summed E-state index contributed by atoms with van der Waals surface area (Å²) >= 11 is 0. The number of hydrogen-bond donors (Lipinski definition) is 1. The van der Waals surface area contributed by atoms with E-state index in [9.17, 15) is 0 Å². The smallest absolute Gasteiger partial charge is 0.105 e. The molecule has 0 aromatic heterocycles. The first-order valence-electron chi connectivity index (χ1n) is 5.80. The minimum absolute atomic E-state index is 0.400.